The standard InChI is InChI=1S/C10H12N2.C2H6/c1-4-8-6-5-7-9(11-2)10(8)12-3;1-2/h5-7H,2-4H2,1H3;1-2H3. The second-order valence-electron chi connectivity index (χ2n) is 2.45. The van der Waals surface area contributed by atoms with Crippen LogP contribution in [-0.4, -0.2) is 13.4 Å². The molecule has 0 N–H and O–H groups in total. The minimum Gasteiger partial charge on any atom is -0.262 e. The summed E-state index contributed by atoms with van der Waals surface area (Å²) in [5.74, 6) is 0. The fourth-order valence-corrected chi connectivity index (χ4v) is 1.17. The Bertz CT molecular complexity index is 303. The molecule has 0 heterocycles. The zero-order valence-electron chi connectivity index (χ0n) is 9.25. The first kappa shape index (κ1) is 12.6. The van der Waals surface area contributed by atoms with Crippen molar-refractivity contribution in [3.63, 3.8) is 0 Å². The highest BCUT2D eigenvalue weighted by molar-refractivity contribution is 5.70. The van der Waals surface area contributed by atoms with Crippen LogP contribution in [0.4, 0.5) is 11.4 Å². The van der Waals surface area contributed by atoms with Gasteiger partial charge in [0.25, 0.3) is 0 Å². The lowest BCUT2D eigenvalue weighted by Crippen LogP contribution is -1.80. The third kappa shape index (κ3) is 2.80. The number of hydrogen-bond acceptors (Lipinski definition) is 2. The molecule has 0 aliphatic heterocycles. The Kier molecular flexibility index (Phi) is 6.29. The average molecular weight is 190 g/mol. The zero-order chi connectivity index (χ0) is 11.0. The molecule has 0 unspecified atom stereocenters. The largest absolute Gasteiger partial charge is 0.262 e. The van der Waals surface area contributed by atoms with Crippen LogP contribution in [0.15, 0.2) is 28.2 Å². The Balaban J connectivity index is 0.000000791. The molecule has 14 heavy (non-hydrogen) atoms. The van der Waals surface area contributed by atoms with Gasteiger partial charge in [-0.1, -0.05) is 32.9 Å². The van der Waals surface area contributed by atoms with E-state index in [-0.39, 0.29) is 0 Å². The minimum absolute atomic E-state index is 0.810. The molecular formula is C12H18N2. The first-order chi connectivity index (χ1) is 6.83. The Morgan fingerprint density at radius 1 is 1.14 bits per heavy atom. The van der Waals surface area contributed by atoms with Crippen molar-refractivity contribution >= 4 is 24.8 Å². The molecule has 0 saturated carbocycles. The topological polar surface area (TPSA) is 24.7 Å². The molecule has 0 aliphatic carbocycles. The summed E-state index contributed by atoms with van der Waals surface area (Å²) in [4.78, 5) is 7.79. The number of hydrogen-bond donors (Lipinski definition) is 0. The van der Waals surface area contributed by atoms with Crippen molar-refractivity contribution in [2.24, 2.45) is 9.98 Å². The fraction of sp³-hybridized carbons (Fsp3) is 0.333. The second-order valence-corrected chi connectivity index (χ2v) is 2.45. The normalized spacial score (nSPS) is 8.50. The van der Waals surface area contributed by atoms with Crippen molar-refractivity contribution in [1.29, 1.82) is 0 Å². The molecule has 0 saturated heterocycles. The Morgan fingerprint density at radius 2 is 1.79 bits per heavy atom. The summed E-state index contributed by atoms with van der Waals surface area (Å²) < 4.78 is 0. The molecule has 0 amide bonds. The van der Waals surface area contributed by atoms with Gasteiger partial charge in [0.05, 0.1) is 11.4 Å². The predicted octanol–water partition coefficient (Wildman–Crippen LogP) is 3.94. The molecule has 0 radical (unpaired) electrons. The van der Waals surface area contributed by atoms with Gasteiger partial charge >= 0.3 is 0 Å². The number of benzene rings is 1. The summed E-state index contributed by atoms with van der Waals surface area (Å²) in [7, 11) is 0. The summed E-state index contributed by atoms with van der Waals surface area (Å²) in [5, 5.41) is 0. The van der Waals surface area contributed by atoms with Crippen LogP contribution < -0.4 is 0 Å². The molecule has 0 bridgehead atoms. The molecule has 2 heteroatoms. The predicted molar refractivity (Wildman–Crippen MR) is 65.6 cm³/mol. The van der Waals surface area contributed by atoms with Crippen molar-refractivity contribution in [2.75, 3.05) is 0 Å². The third-order valence-corrected chi connectivity index (χ3v) is 1.81. The van der Waals surface area contributed by atoms with Gasteiger partial charge in [-0.2, -0.15) is 0 Å². The highest BCUT2D eigenvalue weighted by Crippen LogP contribution is 2.30. The first-order valence-corrected chi connectivity index (χ1v) is 4.88. The van der Waals surface area contributed by atoms with Crippen molar-refractivity contribution in [2.45, 2.75) is 27.2 Å². The van der Waals surface area contributed by atoms with Crippen LogP contribution in [-0.2, 0) is 6.42 Å². The van der Waals surface area contributed by atoms with Crippen molar-refractivity contribution in [3.05, 3.63) is 23.8 Å². The van der Waals surface area contributed by atoms with Gasteiger partial charge in [0.1, 0.15) is 0 Å². The van der Waals surface area contributed by atoms with Gasteiger partial charge < -0.3 is 0 Å². The monoisotopic (exact) mass is 190 g/mol. The molecular weight excluding hydrogens is 172 g/mol. The summed E-state index contributed by atoms with van der Waals surface area (Å²) in [6, 6.07) is 5.87. The van der Waals surface area contributed by atoms with E-state index in [0.29, 0.717) is 0 Å². The van der Waals surface area contributed by atoms with Crippen molar-refractivity contribution < 1.29 is 0 Å². The number of aliphatic imine (C=N–C) groups is 2. The van der Waals surface area contributed by atoms with Crippen LogP contribution in [0.2, 0.25) is 0 Å². The molecule has 0 spiro atoms. The van der Waals surface area contributed by atoms with E-state index in [4.69, 9.17) is 0 Å². The van der Waals surface area contributed by atoms with E-state index in [1.807, 2.05) is 32.0 Å². The van der Waals surface area contributed by atoms with E-state index in [2.05, 4.69) is 30.3 Å². The van der Waals surface area contributed by atoms with E-state index >= 15 is 0 Å². The van der Waals surface area contributed by atoms with E-state index in [9.17, 15) is 0 Å². The van der Waals surface area contributed by atoms with Gasteiger partial charge in [-0.25, -0.2) is 0 Å². The summed E-state index contributed by atoms with van der Waals surface area (Å²) in [5.41, 5.74) is 2.83. The van der Waals surface area contributed by atoms with Gasteiger partial charge in [-0.05, 0) is 31.5 Å². The molecule has 0 atom stereocenters. The van der Waals surface area contributed by atoms with Crippen LogP contribution in [0.3, 0.4) is 0 Å². The SMILES string of the molecule is C=Nc1cccc(CC)c1N=C.CC. The maximum absolute atomic E-state index is 3.93. The van der Waals surface area contributed by atoms with E-state index in [1.54, 1.807) is 0 Å². The van der Waals surface area contributed by atoms with Crippen molar-refractivity contribution in [3.8, 4) is 0 Å². The number of rotatable bonds is 3. The number of para-hydroxylation sites is 1. The lowest BCUT2D eigenvalue weighted by Gasteiger charge is -2.04. The summed E-state index contributed by atoms with van der Waals surface area (Å²) in [6.07, 6.45) is 0.942. The number of nitrogens with zero attached hydrogens (tertiary/aromatic N) is 2. The molecule has 76 valence electrons. The lowest BCUT2D eigenvalue weighted by atomic mass is 10.1. The second kappa shape index (κ2) is 7.01. The van der Waals surface area contributed by atoms with Crippen LogP contribution in [0.25, 0.3) is 0 Å². The van der Waals surface area contributed by atoms with Crippen molar-refractivity contribution in [1.82, 2.24) is 0 Å². The maximum Gasteiger partial charge on any atom is 0.0910 e. The maximum atomic E-state index is 3.93. The Morgan fingerprint density at radius 3 is 2.21 bits per heavy atom. The summed E-state index contributed by atoms with van der Waals surface area (Å²) in [6.45, 7) is 13.1. The van der Waals surface area contributed by atoms with E-state index in [1.165, 1.54) is 0 Å². The third-order valence-electron chi connectivity index (χ3n) is 1.81. The van der Waals surface area contributed by atoms with Crippen LogP contribution in [0.5, 0.6) is 0 Å². The number of aryl methyl sites for hydroxylation is 1. The lowest BCUT2D eigenvalue weighted by molar-refractivity contribution is 1.13. The highest BCUT2D eigenvalue weighted by atomic mass is 14.8. The first-order valence-electron chi connectivity index (χ1n) is 4.88. The van der Waals surface area contributed by atoms with E-state index < -0.39 is 0 Å². The molecule has 1 aromatic carbocycles. The molecule has 0 aliphatic rings. The zero-order valence-corrected chi connectivity index (χ0v) is 9.25. The fourth-order valence-electron chi connectivity index (χ4n) is 1.17. The van der Waals surface area contributed by atoms with Crippen LogP contribution in [0.1, 0.15) is 26.3 Å². The van der Waals surface area contributed by atoms with Gasteiger partial charge in [-0.15, -0.1) is 0 Å². The molecule has 2 nitrogen and oxygen atoms in total. The highest BCUT2D eigenvalue weighted by Gasteiger charge is 2.02. The van der Waals surface area contributed by atoms with Crippen LogP contribution in [0, 0.1) is 0 Å². The van der Waals surface area contributed by atoms with Crippen LogP contribution >= 0.6 is 0 Å². The molecule has 1 rings (SSSR count). The van der Waals surface area contributed by atoms with Gasteiger partial charge in [-0.3, -0.25) is 9.98 Å². The van der Waals surface area contributed by atoms with Gasteiger partial charge in [0.2, 0.25) is 0 Å². The van der Waals surface area contributed by atoms with E-state index in [0.717, 1.165) is 23.4 Å². The molecule has 0 aromatic heterocycles. The molecule has 0 fully saturated rings. The quantitative estimate of drug-likeness (QED) is 0.645. The Hall–Kier alpha value is -1.44. The van der Waals surface area contributed by atoms with Gasteiger partial charge in [0.15, 0.2) is 0 Å². The average Bonchev–Trinajstić information content (AvgIpc) is 2.30. The Labute approximate surface area is 86.4 Å². The summed E-state index contributed by atoms with van der Waals surface area (Å²) >= 11 is 0. The van der Waals surface area contributed by atoms with Gasteiger partial charge in [0, 0.05) is 0 Å². The molecule has 1 aromatic rings. The minimum atomic E-state index is 0.810. The smallest absolute Gasteiger partial charge is 0.0910 e.